The summed E-state index contributed by atoms with van der Waals surface area (Å²) in [7, 11) is 0. The Balaban J connectivity index is 1.87. The Morgan fingerprint density at radius 3 is 2.89 bits per heavy atom. The SMILES string of the molecule is Cc1ccc(-c2cnc(C3CCCNC3)[nH]2)c(C)c1. The molecule has 100 valence electrons. The van der Waals surface area contributed by atoms with Crippen LogP contribution in [0.1, 0.15) is 35.7 Å². The summed E-state index contributed by atoms with van der Waals surface area (Å²) in [5, 5.41) is 3.44. The van der Waals surface area contributed by atoms with Crippen LogP contribution in [0.3, 0.4) is 0 Å². The van der Waals surface area contributed by atoms with Crippen molar-refractivity contribution >= 4 is 0 Å². The zero-order valence-corrected chi connectivity index (χ0v) is 11.7. The average molecular weight is 255 g/mol. The molecule has 3 heteroatoms. The van der Waals surface area contributed by atoms with Gasteiger partial charge in [-0.3, -0.25) is 0 Å². The molecule has 3 nitrogen and oxygen atoms in total. The van der Waals surface area contributed by atoms with Crippen molar-refractivity contribution in [2.75, 3.05) is 13.1 Å². The molecule has 1 unspecified atom stereocenters. The molecule has 0 radical (unpaired) electrons. The fraction of sp³-hybridized carbons (Fsp3) is 0.438. The predicted molar refractivity (Wildman–Crippen MR) is 78.3 cm³/mol. The largest absolute Gasteiger partial charge is 0.342 e. The van der Waals surface area contributed by atoms with Crippen molar-refractivity contribution in [3.05, 3.63) is 41.3 Å². The summed E-state index contributed by atoms with van der Waals surface area (Å²) in [5.74, 6) is 1.66. The Morgan fingerprint density at radius 1 is 1.26 bits per heavy atom. The van der Waals surface area contributed by atoms with Gasteiger partial charge < -0.3 is 10.3 Å². The molecule has 0 bridgehead atoms. The number of piperidine rings is 1. The van der Waals surface area contributed by atoms with E-state index in [0.29, 0.717) is 5.92 Å². The van der Waals surface area contributed by atoms with Crippen LogP contribution >= 0.6 is 0 Å². The number of nitrogens with one attached hydrogen (secondary N) is 2. The fourth-order valence-electron chi connectivity index (χ4n) is 2.88. The van der Waals surface area contributed by atoms with E-state index in [1.807, 2.05) is 6.20 Å². The highest BCUT2D eigenvalue weighted by molar-refractivity contribution is 5.63. The number of aromatic nitrogens is 2. The molecule has 0 saturated carbocycles. The Hall–Kier alpha value is -1.61. The van der Waals surface area contributed by atoms with Gasteiger partial charge in [-0.15, -0.1) is 0 Å². The quantitative estimate of drug-likeness (QED) is 0.865. The molecule has 1 aliphatic heterocycles. The normalized spacial score (nSPS) is 19.6. The molecule has 19 heavy (non-hydrogen) atoms. The number of hydrogen-bond acceptors (Lipinski definition) is 2. The van der Waals surface area contributed by atoms with Crippen molar-refractivity contribution in [1.82, 2.24) is 15.3 Å². The molecule has 1 fully saturated rings. The zero-order valence-electron chi connectivity index (χ0n) is 11.7. The molecule has 1 saturated heterocycles. The second-order valence-corrected chi connectivity index (χ2v) is 5.54. The van der Waals surface area contributed by atoms with Crippen molar-refractivity contribution in [2.24, 2.45) is 0 Å². The topological polar surface area (TPSA) is 40.7 Å². The Kier molecular flexibility index (Phi) is 3.38. The Bertz CT molecular complexity index is 565. The Labute approximate surface area is 114 Å². The third-order valence-electron chi connectivity index (χ3n) is 3.95. The first kappa shape index (κ1) is 12.4. The van der Waals surface area contributed by atoms with Crippen molar-refractivity contribution < 1.29 is 0 Å². The van der Waals surface area contributed by atoms with Crippen LogP contribution in [0.15, 0.2) is 24.4 Å². The van der Waals surface area contributed by atoms with Gasteiger partial charge in [-0.1, -0.05) is 23.8 Å². The molecule has 3 rings (SSSR count). The molecule has 0 amide bonds. The van der Waals surface area contributed by atoms with Gasteiger partial charge in [0.15, 0.2) is 0 Å². The average Bonchev–Trinajstić information content (AvgIpc) is 2.89. The molecule has 1 aliphatic rings. The lowest BCUT2D eigenvalue weighted by Crippen LogP contribution is -2.28. The molecular formula is C16H21N3. The molecule has 2 aromatic rings. The highest BCUT2D eigenvalue weighted by atomic mass is 15.0. The lowest BCUT2D eigenvalue weighted by atomic mass is 9.99. The molecule has 0 spiro atoms. The molecule has 2 heterocycles. The van der Waals surface area contributed by atoms with Crippen LogP contribution in [0, 0.1) is 13.8 Å². The second-order valence-electron chi connectivity index (χ2n) is 5.54. The maximum atomic E-state index is 4.58. The van der Waals surface area contributed by atoms with E-state index in [1.54, 1.807) is 0 Å². The van der Waals surface area contributed by atoms with Crippen LogP contribution in [0.4, 0.5) is 0 Å². The minimum atomic E-state index is 0.535. The standard InChI is InChI=1S/C16H21N3/c1-11-5-6-14(12(2)8-11)15-10-18-16(19-15)13-4-3-7-17-9-13/h5-6,8,10,13,17H,3-4,7,9H2,1-2H3,(H,18,19). The van der Waals surface area contributed by atoms with Gasteiger partial charge in [-0.05, 0) is 38.8 Å². The number of rotatable bonds is 2. The summed E-state index contributed by atoms with van der Waals surface area (Å²) < 4.78 is 0. The lowest BCUT2D eigenvalue weighted by molar-refractivity contribution is 0.449. The van der Waals surface area contributed by atoms with Crippen LogP contribution < -0.4 is 5.32 Å². The van der Waals surface area contributed by atoms with Crippen molar-refractivity contribution in [3.63, 3.8) is 0 Å². The van der Waals surface area contributed by atoms with Gasteiger partial charge >= 0.3 is 0 Å². The van der Waals surface area contributed by atoms with Crippen LogP contribution in [-0.2, 0) is 0 Å². The van der Waals surface area contributed by atoms with E-state index in [0.717, 1.165) is 24.6 Å². The van der Waals surface area contributed by atoms with E-state index in [2.05, 4.69) is 47.3 Å². The number of hydrogen-bond donors (Lipinski definition) is 2. The van der Waals surface area contributed by atoms with Gasteiger partial charge in [-0.25, -0.2) is 4.98 Å². The third kappa shape index (κ3) is 2.56. The molecule has 0 aliphatic carbocycles. The fourth-order valence-corrected chi connectivity index (χ4v) is 2.88. The van der Waals surface area contributed by atoms with Crippen molar-refractivity contribution in [1.29, 1.82) is 0 Å². The van der Waals surface area contributed by atoms with Gasteiger partial charge in [-0.2, -0.15) is 0 Å². The van der Waals surface area contributed by atoms with E-state index in [9.17, 15) is 0 Å². The minimum absolute atomic E-state index is 0.535. The van der Waals surface area contributed by atoms with E-state index in [1.165, 1.54) is 29.5 Å². The second kappa shape index (κ2) is 5.17. The first-order valence-electron chi connectivity index (χ1n) is 7.07. The summed E-state index contributed by atoms with van der Waals surface area (Å²) >= 11 is 0. The minimum Gasteiger partial charge on any atom is -0.342 e. The smallest absolute Gasteiger partial charge is 0.110 e. The van der Waals surface area contributed by atoms with Gasteiger partial charge in [0.1, 0.15) is 5.82 Å². The van der Waals surface area contributed by atoms with Gasteiger partial charge in [0.05, 0.1) is 11.9 Å². The Morgan fingerprint density at radius 2 is 2.16 bits per heavy atom. The molecular weight excluding hydrogens is 234 g/mol. The van der Waals surface area contributed by atoms with E-state index < -0.39 is 0 Å². The number of aryl methyl sites for hydroxylation is 2. The van der Waals surface area contributed by atoms with E-state index >= 15 is 0 Å². The summed E-state index contributed by atoms with van der Waals surface area (Å²) in [6.07, 6.45) is 4.44. The van der Waals surface area contributed by atoms with E-state index in [4.69, 9.17) is 0 Å². The third-order valence-corrected chi connectivity index (χ3v) is 3.95. The molecule has 1 aromatic carbocycles. The number of imidazole rings is 1. The molecule has 1 aromatic heterocycles. The monoisotopic (exact) mass is 255 g/mol. The number of aromatic amines is 1. The maximum absolute atomic E-state index is 4.58. The van der Waals surface area contributed by atoms with Gasteiger partial charge in [0, 0.05) is 18.0 Å². The van der Waals surface area contributed by atoms with Crippen LogP contribution in [-0.4, -0.2) is 23.1 Å². The van der Waals surface area contributed by atoms with Gasteiger partial charge in [0.25, 0.3) is 0 Å². The molecule has 2 N–H and O–H groups in total. The zero-order chi connectivity index (χ0) is 13.2. The number of H-pyrrole nitrogens is 1. The van der Waals surface area contributed by atoms with Crippen LogP contribution in [0.2, 0.25) is 0 Å². The summed E-state index contributed by atoms with van der Waals surface area (Å²) in [4.78, 5) is 8.09. The predicted octanol–water partition coefficient (Wildman–Crippen LogP) is 3.16. The van der Waals surface area contributed by atoms with Crippen LogP contribution in [0.5, 0.6) is 0 Å². The number of benzene rings is 1. The van der Waals surface area contributed by atoms with Gasteiger partial charge in [0.2, 0.25) is 0 Å². The van der Waals surface area contributed by atoms with E-state index in [-0.39, 0.29) is 0 Å². The van der Waals surface area contributed by atoms with Crippen molar-refractivity contribution in [2.45, 2.75) is 32.6 Å². The first-order chi connectivity index (χ1) is 9.24. The molecule has 1 atom stereocenters. The lowest BCUT2D eigenvalue weighted by Gasteiger charge is -2.20. The summed E-state index contributed by atoms with van der Waals surface area (Å²) in [6.45, 7) is 6.47. The van der Waals surface area contributed by atoms with Crippen molar-refractivity contribution in [3.8, 4) is 11.3 Å². The highest BCUT2D eigenvalue weighted by Gasteiger charge is 2.18. The van der Waals surface area contributed by atoms with Crippen LogP contribution in [0.25, 0.3) is 11.3 Å². The summed E-state index contributed by atoms with van der Waals surface area (Å²) in [6, 6.07) is 6.56. The maximum Gasteiger partial charge on any atom is 0.110 e. The summed E-state index contributed by atoms with van der Waals surface area (Å²) in [5.41, 5.74) is 5.00. The number of nitrogens with zero attached hydrogens (tertiary/aromatic N) is 1. The first-order valence-corrected chi connectivity index (χ1v) is 7.07. The highest BCUT2D eigenvalue weighted by Crippen LogP contribution is 2.26.